The maximum absolute atomic E-state index is 11.6. The molecule has 0 spiro atoms. The van der Waals surface area contributed by atoms with Crippen molar-refractivity contribution in [1.82, 2.24) is 0 Å². The van der Waals surface area contributed by atoms with Crippen molar-refractivity contribution < 1.29 is 22.8 Å². The van der Waals surface area contributed by atoms with E-state index in [4.69, 9.17) is 4.74 Å². The normalized spacial score (nSPS) is 11.5. The minimum Gasteiger partial charge on any atom is -0.508 e. The van der Waals surface area contributed by atoms with Crippen LogP contribution in [-0.2, 0) is 16.5 Å². The fraction of sp³-hybridized carbons (Fsp3) is 0.400. The van der Waals surface area contributed by atoms with E-state index in [1.807, 2.05) is 0 Å². The van der Waals surface area contributed by atoms with Crippen molar-refractivity contribution in [3.05, 3.63) is 48.0 Å². The van der Waals surface area contributed by atoms with Crippen LogP contribution in [0, 0.1) is 0 Å². The van der Waals surface area contributed by atoms with Crippen LogP contribution < -0.4 is 4.74 Å². The first-order valence-corrected chi connectivity index (χ1v) is 10.4. The van der Waals surface area contributed by atoms with Gasteiger partial charge in [0.25, 0.3) is 10.1 Å². The van der Waals surface area contributed by atoms with E-state index in [9.17, 15) is 18.1 Å². The molecular formula is C20H26O5S. The van der Waals surface area contributed by atoms with Gasteiger partial charge in [-0.1, -0.05) is 45.1 Å². The lowest BCUT2D eigenvalue weighted by Gasteiger charge is -2.10. The highest BCUT2D eigenvalue weighted by atomic mass is 32.2. The van der Waals surface area contributed by atoms with Crippen LogP contribution in [0.15, 0.2) is 47.4 Å². The van der Waals surface area contributed by atoms with E-state index in [1.165, 1.54) is 49.9 Å². The molecular weight excluding hydrogens is 352 g/mol. The second kappa shape index (κ2) is 9.59. The van der Waals surface area contributed by atoms with Gasteiger partial charge in [-0.2, -0.15) is 8.42 Å². The number of rotatable bonds is 10. The monoisotopic (exact) mass is 378 g/mol. The number of aryl methyl sites for hydroxylation is 1. The van der Waals surface area contributed by atoms with E-state index in [2.05, 4.69) is 6.92 Å². The van der Waals surface area contributed by atoms with E-state index in [-0.39, 0.29) is 10.6 Å². The third kappa shape index (κ3) is 6.69. The summed E-state index contributed by atoms with van der Waals surface area (Å²) in [6.07, 6.45) is 7.56. The first-order valence-electron chi connectivity index (χ1n) is 8.97. The second-order valence-corrected chi connectivity index (χ2v) is 7.83. The summed E-state index contributed by atoms with van der Waals surface area (Å²) in [5, 5.41) is 9.52. The van der Waals surface area contributed by atoms with Gasteiger partial charge in [-0.05, 0) is 42.7 Å². The molecule has 0 aliphatic carbocycles. The lowest BCUT2D eigenvalue weighted by atomic mass is 10.0. The van der Waals surface area contributed by atoms with Crippen molar-refractivity contribution in [2.24, 2.45) is 0 Å². The predicted molar refractivity (Wildman–Crippen MR) is 102 cm³/mol. The molecule has 2 N–H and O–H groups in total. The van der Waals surface area contributed by atoms with Gasteiger partial charge >= 0.3 is 0 Å². The number of hydrogen-bond donors (Lipinski definition) is 2. The molecule has 0 aliphatic rings. The van der Waals surface area contributed by atoms with Gasteiger partial charge in [-0.3, -0.25) is 4.55 Å². The van der Waals surface area contributed by atoms with E-state index < -0.39 is 10.1 Å². The van der Waals surface area contributed by atoms with E-state index in [0.29, 0.717) is 17.9 Å². The highest BCUT2D eigenvalue weighted by Gasteiger charge is 2.13. The summed E-state index contributed by atoms with van der Waals surface area (Å²) in [5.41, 5.74) is 0.797. The van der Waals surface area contributed by atoms with Crippen LogP contribution in [-0.4, -0.2) is 18.1 Å². The standard InChI is InChI=1S/C20H26O5S/c1-2-3-4-5-6-7-9-16-12-19(15-20(13-16)26(22,23)24)25-18-11-8-10-17(21)14-18/h8,10-15,21H,2-7,9H2,1H3,(H,22,23,24). The third-order valence-corrected chi connectivity index (χ3v) is 4.94. The number of hydrogen-bond acceptors (Lipinski definition) is 4. The molecule has 0 amide bonds. The minimum absolute atomic E-state index is 0.0562. The summed E-state index contributed by atoms with van der Waals surface area (Å²) < 4.78 is 38.2. The molecule has 6 heteroatoms. The molecule has 0 saturated carbocycles. The quantitative estimate of drug-likeness (QED) is 0.431. The van der Waals surface area contributed by atoms with Crippen LogP contribution in [0.25, 0.3) is 0 Å². The Hall–Kier alpha value is -2.05. The average molecular weight is 378 g/mol. The lowest BCUT2D eigenvalue weighted by Crippen LogP contribution is -2.00. The van der Waals surface area contributed by atoms with Crippen molar-refractivity contribution in [2.75, 3.05) is 0 Å². The summed E-state index contributed by atoms with van der Waals surface area (Å²) in [4.78, 5) is -0.184. The van der Waals surface area contributed by atoms with Crippen LogP contribution in [0.3, 0.4) is 0 Å². The number of phenols is 1. The number of benzene rings is 2. The summed E-state index contributed by atoms with van der Waals surface area (Å²) >= 11 is 0. The molecule has 26 heavy (non-hydrogen) atoms. The van der Waals surface area contributed by atoms with E-state index in [0.717, 1.165) is 18.4 Å². The smallest absolute Gasteiger partial charge is 0.294 e. The van der Waals surface area contributed by atoms with Crippen molar-refractivity contribution in [2.45, 2.75) is 56.8 Å². The van der Waals surface area contributed by atoms with Crippen molar-refractivity contribution in [3.63, 3.8) is 0 Å². The maximum atomic E-state index is 11.6. The fourth-order valence-electron chi connectivity index (χ4n) is 2.78. The van der Waals surface area contributed by atoms with E-state index >= 15 is 0 Å². The van der Waals surface area contributed by atoms with Gasteiger partial charge in [-0.25, -0.2) is 0 Å². The Morgan fingerprint density at radius 3 is 2.35 bits per heavy atom. The number of aromatic hydroxyl groups is 1. The molecule has 0 heterocycles. The Bertz CT molecular complexity index is 815. The molecule has 2 aromatic carbocycles. The van der Waals surface area contributed by atoms with Crippen LogP contribution in [0.5, 0.6) is 17.2 Å². The maximum Gasteiger partial charge on any atom is 0.294 e. The van der Waals surface area contributed by atoms with Crippen molar-refractivity contribution in [3.8, 4) is 17.2 Å². The Labute approximate surface area is 155 Å². The van der Waals surface area contributed by atoms with Gasteiger partial charge in [0.15, 0.2) is 0 Å². The number of phenolic OH excluding ortho intramolecular Hbond substituents is 1. The predicted octanol–water partition coefficient (Wildman–Crippen LogP) is 5.33. The Morgan fingerprint density at radius 1 is 0.923 bits per heavy atom. The molecule has 0 atom stereocenters. The number of ether oxygens (including phenoxy) is 1. The fourth-order valence-corrected chi connectivity index (χ4v) is 3.34. The summed E-state index contributed by atoms with van der Waals surface area (Å²) in [5.74, 6) is 0.760. The van der Waals surface area contributed by atoms with Crippen LogP contribution >= 0.6 is 0 Å². The molecule has 0 saturated heterocycles. The largest absolute Gasteiger partial charge is 0.508 e. The zero-order valence-corrected chi connectivity index (χ0v) is 15.8. The van der Waals surface area contributed by atoms with Crippen LogP contribution in [0.1, 0.15) is 51.0 Å². The second-order valence-electron chi connectivity index (χ2n) is 6.40. The molecule has 0 radical (unpaired) electrons. The molecule has 0 aliphatic heterocycles. The van der Waals surface area contributed by atoms with Gasteiger partial charge in [0, 0.05) is 12.1 Å². The average Bonchev–Trinajstić information content (AvgIpc) is 2.57. The first kappa shape index (κ1) is 20.3. The minimum atomic E-state index is -4.32. The zero-order chi connectivity index (χ0) is 19.0. The summed E-state index contributed by atoms with van der Waals surface area (Å²) in [6.45, 7) is 2.18. The number of unbranched alkanes of at least 4 members (excludes halogenated alkanes) is 5. The topological polar surface area (TPSA) is 83.8 Å². The van der Waals surface area contributed by atoms with Gasteiger partial charge < -0.3 is 9.84 Å². The van der Waals surface area contributed by atoms with Crippen molar-refractivity contribution >= 4 is 10.1 Å². The highest BCUT2D eigenvalue weighted by Crippen LogP contribution is 2.28. The summed E-state index contributed by atoms with van der Waals surface area (Å²) in [7, 11) is -4.32. The molecule has 5 nitrogen and oxygen atoms in total. The lowest BCUT2D eigenvalue weighted by molar-refractivity contribution is 0.452. The highest BCUT2D eigenvalue weighted by molar-refractivity contribution is 7.85. The first-order chi connectivity index (χ1) is 12.4. The van der Waals surface area contributed by atoms with E-state index in [1.54, 1.807) is 18.2 Å². The Balaban J connectivity index is 2.12. The van der Waals surface area contributed by atoms with Gasteiger partial charge in [0.05, 0.1) is 4.90 Å². The summed E-state index contributed by atoms with van der Waals surface area (Å²) in [6, 6.07) is 10.8. The van der Waals surface area contributed by atoms with Gasteiger partial charge in [-0.15, -0.1) is 0 Å². The zero-order valence-electron chi connectivity index (χ0n) is 15.0. The molecule has 0 bridgehead atoms. The molecule has 0 fully saturated rings. The van der Waals surface area contributed by atoms with Gasteiger partial charge in [0.2, 0.25) is 0 Å². The third-order valence-electron chi connectivity index (χ3n) is 4.11. The van der Waals surface area contributed by atoms with Crippen molar-refractivity contribution in [1.29, 1.82) is 0 Å². The molecule has 2 aromatic rings. The van der Waals surface area contributed by atoms with Gasteiger partial charge in [0.1, 0.15) is 17.2 Å². The Morgan fingerprint density at radius 2 is 1.65 bits per heavy atom. The van der Waals surface area contributed by atoms with Crippen LogP contribution in [0.4, 0.5) is 0 Å². The SMILES string of the molecule is CCCCCCCCc1cc(Oc2cccc(O)c2)cc(S(=O)(=O)O)c1. The molecule has 2 rings (SSSR count). The molecule has 0 aromatic heterocycles. The molecule has 142 valence electrons. The van der Waals surface area contributed by atoms with Crippen LogP contribution in [0.2, 0.25) is 0 Å². The Kier molecular flexibility index (Phi) is 7.48. The molecule has 0 unspecified atom stereocenters.